The zero-order valence-electron chi connectivity index (χ0n) is 13.2. The molecule has 0 spiro atoms. The normalized spacial score (nSPS) is 28.1. The minimum absolute atomic E-state index is 0.616. The van der Waals surface area contributed by atoms with E-state index in [1.807, 2.05) is 19.0 Å². The minimum atomic E-state index is 0.616. The van der Waals surface area contributed by atoms with Gasteiger partial charge in [0.05, 0.1) is 19.8 Å². The molecule has 7 heteroatoms. The molecule has 1 aromatic heterocycles. The summed E-state index contributed by atoms with van der Waals surface area (Å²) in [5.74, 6) is 2.01. The molecule has 2 fully saturated rings. The van der Waals surface area contributed by atoms with Gasteiger partial charge in [-0.15, -0.1) is 0 Å². The van der Waals surface area contributed by atoms with Crippen LogP contribution in [0, 0.1) is 5.92 Å². The Balaban J connectivity index is 1.57. The molecule has 0 N–H and O–H groups in total. The lowest BCUT2D eigenvalue weighted by molar-refractivity contribution is 0.0116. The first-order valence-corrected chi connectivity index (χ1v) is 7.67. The van der Waals surface area contributed by atoms with E-state index in [1.165, 1.54) is 0 Å². The molecule has 0 aromatic carbocycles. The minimum Gasteiger partial charge on any atom is -0.379 e. The zero-order chi connectivity index (χ0) is 14.8. The van der Waals surface area contributed by atoms with Crippen molar-refractivity contribution in [3.05, 3.63) is 5.89 Å². The Labute approximate surface area is 125 Å². The van der Waals surface area contributed by atoms with Gasteiger partial charge in [-0.2, -0.15) is 4.98 Å². The van der Waals surface area contributed by atoms with Crippen LogP contribution >= 0.6 is 0 Å². The Hall–Kier alpha value is -1.18. The monoisotopic (exact) mass is 295 g/mol. The van der Waals surface area contributed by atoms with Crippen molar-refractivity contribution in [2.24, 2.45) is 5.92 Å². The van der Waals surface area contributed by atoms with E-state index in [1.54, 1.807) is 0 Å². The van der Waals surface area contributed by atoms with Gasteiger partial charge >= 0.3 is 0 Å². The fourth-order valence-corrected chi connectivity index (χ4v) is 3.24. The number of ether oxygens (including phenoxy) is 1. The summed E-state index contributed by atoms with van der Waals surface area (Å²) in [5, 5.41) is 3.97. The van der Waals surface area contributed by atoms with Gasteiger partial charge in [0.2, 0.25) is 5.89 Å². The molecule has 2 saturated heterocycles. The van der Waals surface area contributed by atoms with Crippen LogP contribution in [0.4, 0.5) is 5.95 Å². The number of rotatable bonds is 4. The van der Waals surface area contributed by atoms with Crippen LogP contribution in [-0.4, -0.2) is 79.5 Å². The van der Waals surface area contributed by atoms with Gasteiger partial charge in [-0.25, -0.2) is 0 Å². The molecule has 2 aliphatic heterocycles. The average Bonchev–Trinajstić information content (AvgIpc) is 3.07. The molecule has 7 nitrogen and oxygen atoms in total. The van der Waals surface area contributed by atoms with Crippen molar-refractivity contribution < 1.29 is 9.26 Å². The van der Waals surface area contributed by atoms with E-state index in [0.29, 0.717) is 23.8 Å². The van der Waals surface area contributed by atoms with E-state index in [-0.39, 0.29) is 0 Å². The van der Waals surface area contributed by atoms with Crippen LogP contribution in [0.5, 0.6) is 0 Å². The van der Waals surface area contributed by atoms with E-state index < -0.39 is 0 Å². The molecule has 0 saturated carbocycles. The highest BCUT2D eigenvalue weighted by Gasteiger charge is 2.35. The first-order chi connectivity index (χ1) is 10.1. The molecular formula is C14H25N5O2. The summed E-state index contributed by atoms with van der Waals surface area (Å²) < 4.78 is 10.8. The molecule has 0 amide bonds. The van der Waals surface area contributed by atoms with E-state index >= 15 is 0 Å². The highest BCUT2D eigenvalue weighted by molar-refractivity contribution is 5.23. The van der Waals surface area contributed by atoms with E-state index in [4.69, 9.17) is 9.26 Å². The summed E-state index contributed by atoms with van der Waals surface area (Å²) in [4.78, 5) is 11.2. The molecule has 2 atom stereocenters. The highest BCUT2D eigenvalue weighted by atomic mass is 16.5. The summed E-state index contributed by atoms with van der Waals surface area (Å²) in [5.41, 5.74) is 0. The Morgan fingerprint density at radius 1 is 1.24 bits per heavy atom. The van der Waals surface area contributed by atoms with Crippen molar-refractivity contribution in [2.75, 3.05) is 58.4 Å². The van der Waals surface area contributed by atoms with Crippen LogP contribution in [0.15, 0.2) is 4.52 Å². The Kier molecular flexibility index (Phi) is 4.42. The van der Waals surface area contributed by atoms with Gasteiger partial charge in [0, 0.05) is 46.3 Å². The van der Waals surface area contributed by atoms with Crippen LogP contribution < -0.4 is 4.90 Å². The third-order valence-corrected chi connectivity index (χ3v) is 4.38. The standard InChI is InChI=1S/C14H25N5O2/c1-11-8-18(9-12(11)19-4-6-20-7-5-19)10-13-15-14(16-21-13)17(2)3/h11-12H,4-10H2,1-3H3/t11-,12+/m1/s1. The maximum atomic E-state index is 5.45. The molecule has 0 aliphatic carbocycles. The van der Waals surface area contributed by atoms with Gasteiger partial charge in [-0.05, 0) is 11.1 Å². The van der Waals surface area contributed by atoms with Gasteiger partial charge in [0.15, 0.2) is 0 Å². The average molecular weight is 295 g/mol. The van der Waals surface area contributed by atoms with Crippen LogP contribution in [0.1, 0.15) is 12.8 Å². The third-order valence-electron chi connectivity index (χ3n) is 4.38. The first kappa shape index (κ1) is 14.7. The van der Waals surface area contributed by atoms with E-state index in [2.05, 4.69) is 26.9 Å². The predicted molar refractivity (Wildman–Crippen MR) is 79.2 cm³/mol. The van der Waals surface area contributed by atoms with Gasteiger partial charge in [0.25, 0.3) is 5.95 Å². The van der Waals surface area contributed by atoms with E-state index in [0.717, 1.165) is 45.9 Å². The Morgan fingerprint density at radius 3 is 2.67 bits per heavy atom. The number of hydrogen-bond acceptors (Lipinski definition) is 7. The zero-order valence-corrected chi connectivity index (χ0v) is 13.2. The first-order valence-electron chi connectivity index (χ1n) is 7.67. The molecule has 0 unspecified atom stereocenters. The number of anilines is 1. The Morgan fingerprint density at radius 2 is 2.00 bits per heavy atom. The summed E-state index contributed by atoms with van der Waals surface area (Å²) in [6.45, 7) is 9.05. The maximum Gasteiger partial charge on any atom is 0.265 e. The molecule has 3 rings (SSSR count). The largest absolute Gasteiger partial charge is 0.379 e. The summed E-state index contributed by atoms with van der Waals surface area (Å²) in [6, 6.07) is 0.616. The number of aromatic nitrogens is 2. The van der Waals surface area contributed by atoms with Gasteiger partial charge in [-0.1, -0.05) is 6.92 Å². The molecule has 0 bridgehead atoms. The molecular weight excluding hydrogens is 270 g/mol. The second-order valence-electron chi connectivity index (χ2n) is 6.27. The summed E-state index contributed by atoms with van der Waals surface area (Å²) in [7, 11) is 3.84. The molecule has 3 heterocycles. The predicted octanol–water partition coefficient (Wildman–Crippen LogP) is 0.288. The molecule has 0 radical (unpaired) electrons. The van der Waals surface area contributed by atoms with Crippen molar-refractivity contribution >= 4 is 5.95 Å². The number of morpholine rings is 1. The quantitative estimate of drug-likeness (QED) is 0.791. The van der Waals surface area contributed by atoms with Gasteiger partial charge < -0.3 is 14.2 Å². The van der Waals surface area contributed by atoms with Crippen LogP contribution in [0.25, 0.3) is 0 Å². The molecule has 118 valence electrons. The molecule has 2 aliphatic rings. The lowest BCUT2D eigenvalue weighted by Crippen LogP contribution is -2.46. The van der Waals surface area contributed by atoms with Crippen molar-refractivity contribution in [3.8, 4) is 0 Å². The van der Waals surface area contributed by atoms with Crippen LogP contribution in [0.3, 0.4) is 0 Å². The molecule has 21 heavy (non-hydrogen) atoms. The van der Waals surface area contributed by atoms with Gasteiger partial charge in [-0.3, -0.25) is 9.80 Å². The number of likely N-dealkylation sites (tertiary alicyclic amines) is 1. The Bertz CT molecular complexity index is 458. The summed E-state index contributed by atoms with van der Waals surface area (Å²) in [6.07, 6.45) is 0. The second-order valence-corrected chi connectivity index (χ2v) is 6.27. The van der Waals surface area contributed by atoms with Crippen molar-refractivity contribution in [1.82, 2.24) is 19.9 Å². The van der Waals surface area contributed by atoms with Crippen LogP contribution in [0.2, 0.25) is 0 Å². The van der Waals surface area contributed by atoms with Gasteiger partial charge in [0.1, 0.15) is 0 Å². The fourth-order valence-electron chi connectivity index (χ4n) is 3.24. The van der Waals surface area contributed by atoms with Crippen molar-refractivity contribution in [3.63, 3.8) is 0 Å². The second kappa shape index (κ2) is 6.29. The summed E-state index contributed by atoms with van der Waals surface area (Å²) >= 11 is 0. The maximum absolute atomic E-state index is 5.45. The van der Waals surface area contributed by atoms with Crippen molar-refractivity contribution in [1.29, 1.82) is 0 Å². The highest BCUT2D eigenvalue weighted by Crippen LogP contribution is 2.24. The third kappa shape index (κ3) is 3.36. The lowest BCUT2D eigenvalue weighted by Gasteiger charge is -2.34. The topological polar surface area (TPSA) is 57.9 Å². The number of hydrogen-bond donors (Lipinski definition) is 0. The lowest BCUT2D eigenvalue weighted by atomic mass is 10.0. The number of nitrogens with zero attached hydrogens (tertiary/aromatic N) is 5. The fraction of sp³-hybridized carbons (Fsp3) is 0.857. The van der Waals surface area contributed by atoms with E-state index in [9.17, 15) is 0 Å². The van der Waals surface area contributed by atoms with Crippen molar-refractivity contribution in [2.45, 2.75) is 19.5 Å². The SMILES string of the molecule is C[C@@H]1CN(Cc2nc(N(C)C)no2)C[C@@H]1N1CCOCC1. The van der Waals surface area contributed by atoms with Crippen LogP contribution in [-0.2, 0) is 11.3 Å². The smallest absolute Gasteiger partial charge is 0.265 e. The molecule has 1 aromatic rings.